The summed E-state index contributed by atoms with van der Waals surface area (Å²) in [5.74, 6) is -0.107. The van der Waals surface area contributed by atoms with Gasteiger partial charge in [0.1, 0.15) is 0 Å². The number of carbonyl (C=O) groups is 1. The third-order valence-electron chi connectivity index (χ3n) is 4.38. The molecule has 2 heterocycles. The highest BCUT2D eigenvalue weighted by molar-refractivity contribution is 6.04. The van der Waals surface area contributed by atoms with Crippen LogP contribution < -0.4 is 5.56 Å². The van der Waals surface area contributed by atoms with Crippen LogP contribution in [0.4, 0.5) is 0 Å². The summed E-state index contributed by atoms with van der Waals surface area (Å²) in [6, 6.07) is 7.61. The number of piperidine rings is 1. The SMILES string of the molecule is CN(C)C1CCN(C(=O)c2n[nH]c(=O)c3ccccc23)CC1. The summed E-state index contributed by atoms with van der Waals surface area (Å²) in [6.07, 6.45) is 1.92. The molecule has 1 fully saturated rings. The first-order chi connectivity index (χ1) is 10.6. The number of amides is 1. The molecular formula is C16H20N4O2. The minimum Gasteiger partial charge on any atom is -0.337 e. The molecule has 1 aliphatic heterocycles. The van der Waals surface area contributed by atoms with Crippen LogP contribution in [0.15, 0.2) is 29.1 Å². The van der Waals surface area contributed by atoms with Crippen LogP contribution in [0.2, 0.25) is 0 Å². The van der Waals surface area contributed by atoms with Gasteiger partial charge < -0.3 is 9.80 Å². The highest BCUT2D eigenvalue weighted by Gasteiger charge is 2.26. The number of aromatic amines is 1. The van der Waals surface area contributed by atoms with E-state index < -0.39 is 0 Å². The predicted octanol–water partition coefficient (Wildman–Crippen LogP) is 1.09. The van der Waals surface area contributed by atoms with E-state index in [4.69, 9.17) is 0 Å². The van der Waals surface area contributed by atoms with Gasteiger partial charge in [0.25, 0.3) is 11.5 Å². The second kappa shape index (κ2) is 5.88. The van der Waals surface area contributed by atoms with Gasteiger partial charge in [0.15, 0.2) is 5.69 Å². The fourth-order valence-electron chi connectivity index (χ4n) is 3.01. The van der Waals surface area contributed by atoms with E-state index in [1.807, 2.05) is 11.0 Å². The highest BCUT2D eigenvalue weighted by atomic mass is 16.2. The minimum atomic E-state index is -0.265. The molecule has 22 heavy (non-hydrogen) atoms. The third-order valence-corrected chi connectivity index (χ3v) is 4.38. The predicted molar refractivity (Wildman–Crippen MR) is 85.0 cm³/mol. The van der Waals surface area contributed by atoms with Crippen molar-refractivity contribution in [2.75, 3.05) is 27.2 Å². The summed E-state index contributed by atoms with van der Waals surface area (Å²) in [6.45, 7) is 1.44. The molecule has 0 bridgehead atoms. The number of fused-ring (bicyclic) bond motifs is 1. The lowest BCUT2D eigenvalue weighted by molar-refractivity contribution is 0.0658. The number of aromatic nitrogens is 2. The van der Waals surface area contributed by atoms with Crippen LogP contribution in [0.5, 0.6) is 0 Å². The van der Waals surface area contributed by atoms with Crippen LogP contribution in [0, 0.1) is 0 Å². The van der Waals surface area contributed by atoms with Gasteiger partial charge >= 0.3 is 0 Å². The smallest absolute Gasteiger partial charge is 0.274 e. The number of hydrogen-bond acceptors (Lipinski definition) is 4. The lowest BCUT2D eigenvalue weighted by atomic mass is 10.0. The first-order valence-electron chi connectivity index (χ1n) is 7.51. The monoisotopic (exact) mass is 300 g/mol. The van der Waals surface area contributed by atoms with Crippen LogP contribution in [0.25, 0.3) is 10.8 Å². The Balaban J connectivity index is 1.88. The zero-order valence-electron chi connectivity index (χ0n) is 12.9. The zero-order valence-corrected chi connectivity index (χ0v) is 12.9. The number of benzene rings is 1. The van der Waals surface area contributed by atoms with E-state index in [1.54, 1.807) is 18.2 Å². The first kappa shape index (κ1) is 14.7. The molecule has 0 radical (unpaired) electrons. The molecule has 0 spiro atoms. The molecule has 1 aromatic heterocycles. The minimum absolute atomic E-state index is 0.107. The first-order valence-corrected chi connectivity index (χ1v) is 7.51. The topological polar surface area (TPSA) is 69.3 Å². The van der Waals surface area contributed by atoms with Gasteiger partial charge in [-0.1, -0.05) is 18.2 Å². The summed E-state index contributed by atoms with van der Waals surface area (Å²) in [5.41, 5.74) is 0.0666. The van der Waals surface area contributed by atoms with E-state index in [9.17, 15) is 9.59 Å². The maximum absolute atomic E-state index is 12.7. The Bertz CT molecular complexity index is 745. The number of likely N-dealkylation sites (tertiary alicyclic amines) is 1. The van der Waals surface area contributed by atoms with E-state index in [2.05, 4.69) is 29.2 Å². The van der Waals surface area contributed by atoms with Gasteiger partial charge in [-0.25, -0.2) is 5.10 Å². The van der Waals surface area contributed by atoms with Crippen LogP contribution in [-0.4, -0.2) is 59.1 Å². The summed E-state index contributed by atoms with van der Waals surface area (Å²) in [4.78, 5) is 28.6. The lowest BCUT2D eigenvalue weighted by Crippen LogP contribution is -2.44. The second-order valence-corrected chi connectivity index (χ2v) is 5.93. The van der Waals surface area contributed by atoms with Crippen molar-refractivity contribution >= 4 is 16.7 Å². The molecule has 0 atom stereocenters. The van der Waals surface area contributed by atoms with Crippen molar-refractivity contribution < 1.29 is 4.79 Å². The van der Waals surface area contributed by atoms with Crippen LogP contribution in [0.3, 0.4) is 0 Å². The second-order valence-electron chi connectivity index (χ2n) is 5.93. The molecule has 2 aromatic rings. The van der Waals surface area contributed by atoms with Crippen LogP contribution >= 0.6 is 0 Å². The van der Waals surface area contributed by atoms with Gasteiger partial charge in [-0.15, -0.1) is 0 Å². The molecule has 1 N–H and O–H groups in total. The molecule has 0 aliphatic carbocycles. The molecule has 1 saturated heterocycles. The van der Waals surface area contributed by atoms with Gasteiger partial charge in [-0.05, 0) is 33.0 Å². The maximum atomic E-state index is 12.7. The number of carbonyl (C=O) groups excluding carboxylic acids is 1. The Kier molecular flexibility index (Phi) is 3.94. The molecule has 6 nitrogen and oxygen atoms in total. The number of nitrogens with one attached hydrogen (secondary N) is 1. The van der Waals surface area contributed by atoms with Crippen molar-refractivity contribution in [3.8, 4) is 0 Å². The number of nitrogens with zero attached hydrogens (tertiary/aromatic N) is 3. The third kappa shape index (κ3) is 2.62. The van der Waals surface area contributed by atoms with Crippen LogP contribution in [-0.2, 0) is 0 Å². The van der Waals surface area contributed by atoms with Crippen molar-refractivity contribution in [1.82, 2.24) is 20.0 Å². The average Bonchev–Trinajstić information content (AvgIpc) is 2.55. The van der Waals surface area contributed by atoms with Crippen molar-refractivity contribution in [3.63, 3.8) is 0 Å². The molecule has 116 valence electrons. The maximum Gasteiger partial charge on any atom is 0.274 e. The Labute approximate surface area is 128 Å². The molecular weight excluding hydrogens is 280 g/mol. The van der Waals surface area contributed by atoms with Crippen molar-refractivity contribution in [3.05, 3.63) is 40.3 Å². The zero-order chi connectivity index (χ0) is 15.7. The van der Waals surface area contributed by atoms with Crippen molar-refractivity contribution in [1.29, 1.82) is 0 Å². The van der Waals surface area contributed by atoms with Gasteiger partial charge in [0.2, 0.25) is 0 Å². The fraction of sp³-hybridized carbons (Fsp3) is 0.438. The highest BCUT2D eigenvalue weighted by Crippen LogP contribution is 2.19. The number of hydrogen-bond donors (Lipinski definition) is 1. The Morgan fingerprint density at radius 1 is 1.23 bits per heavy atom. The molecule has 3 rings (SSSR count). The normalized spacial score (nSPS) is 16.4. The van der Waals surface area contributed by atoms with Gasteiger partial charge in [-0.3, -0.25) is 9.59 Å². The number of H-pyrrole nitrogens is 1. The van der Waals surface area contributed by atoms with Gasteiger partial charge in [-0.2, -0.15) is 5.10 Å². The van der Waals surface area contributed by atoms with E-state index in [-0.39, 0.29) is 11.5 Å². The van der Waals surface area contributed by atoms with E-state index in [1.165, 1.54) is 0 Å². The van der Waals surface area contributed by atoms with E-state index >= 15 is 0 Å². The van der Waals surface area contributed by atoms with E-state index in [0.29, 0.717) is 22.5 Å². The Hall–Kier alpha value is -2.21. The van der Waals surface area contributed by atoms with Crippen molar-refractivity contribution in [2.45, 2.75) is 18.9 Å². The van der Waals surface area contributed by atoms with Crippen LogP contribution in [0.1, 0.15) is 23.3 Å². The fourth-order valence-corrected chi connectivity index (χ4v) is 3.01. The molecule has 6 heteroatoms. The largest absolute Gasteiger partial charge is 0.337 e. The quantitative estimate of drug-likeness (QED) is 0.901. The summed E-state index contributed by atoms with van der Waals surface area (Å²) in [7, 11) is 4.14. The molecule has 1 aromatic carbocycles. The molecule has 1 amide bonds. The van der Waals surface area contributed by atoms with Crippen molar-refractivity contribution in [2.24, 2.45) is 0 Å². The van der Waals surface area contributed by atoms with Gasteiger partial charge in [0, 0.05) is 24.5 Å². The Morgan fingerprint density at radius 3 is 2.50 bits per heavy atom. The average molecular weight is 300 g/mol. The molecule has 1 aliphatic rings. The number of rotatable bonds is 2. The van der Waals surface area contributed by atoms with E-state index in [0.717, 1.165) is 25.9 Å². The van der Waals surface area contributed by atoms with Gasteiger partial charge in [0.05, 0.1) is 5.39 Å². The lowest BCUT2D eigenvalue weighted by Gasteiger charge is -2.35. The summed E-state index contributed by atoms with van der Waals surface area (Å²) in [5, 5.41) is 7.55. The molecule has 0 saturated carbocycles. The summed E-state index contributed by atoms with van der Waals surface area (Å²) < 4.78 is 0. The summed E-state index contributed by atoms with van der Waals surface area (Å²) >= 11 is 0. The standard InChI is InChI=1S/C16H20N4O2/c1-19(2)11-7-9-20(10-8-11)16(22)14-12-5-3-4-6-13(12)15(21)18-17-14/h3-6,11H,7-10H2,1-2H3,(H,18,21). The Morgan fingerprint density at radius 2 is 1.86 bits per heavy atom. The molecule has 0 unspecified atom stereocenters.